The van der Waals surface area contributed by atoms with Crippen LogP contribution in [0.5, 0.6) is 11.5 Å². The summed E-state index contributed by atoms with van der Waals surface area (Å²) in [5.74, 6) is 0.216. The van der Waals surface area contributed by atoms with Crippen LogP contribution in [0, 0.1) is 0 Å². The number of ether oxygens (including phenoxy) is 3. The first kappa shape index (κ1) is 15.7. The fourth-order valence-corrected chi connectivity index (χ4v) is 1.89. The lowest BCUT2D eigenvalue weighted by Crippen LogP contribution is -2.28. The second-order valence-electron chi connectivity index (χ2n) is 4.12. The molecule has 0 saturated carbocycles. The van der Waals surface area contributed by atoms with Gasteiger partial charge in [0.2, 0.25) is 6.79 Å². The second kappa shape index (κ2) is 6.40. The highest BCUT2D eigenvalue weighted by Gasteiger charge is 2.27. The summed E-state index contributed by atoms with van der Waals surface area (Å²) in [5.41, 5.74) is 0.222. The molecule has 0 spiro atoms. The van der Waals surface area contributed by atoms with Crippen LogP contribution in [0.4, 0.5) is 13.2 Å². The van der Waals surface area contributed by atoms with Crippen molar-refractivity contribution in [2.45, 2.75) is 6.18 Å². The van der Waals surface area contributed by atoms with E-state index in [1.165, 1.54) is 12.1 Å². The summed E-state index contributed by atoms with van der Waals surface area (Å²) in [6.45, 7) is -1.63. The van der Waals surface area contributed by atoms with Gasteiger partial charge in [-0.1, -0.05) is 11.6 Å². The average Bonchev–Trinajstić information content (AvgIpc) is 2.85. The summed E-state index contributed by atoms with van der Waals surface area (Å²) >= 11 is 5.92. The molecule has 0 aromatic heterocycles. The van der Waals surface area contributed by atoms with Crippen molar-refractivity contribution < 1.29 is 32.2 Å². The number of nitrogens with one attached hydrogen (secondary N) is 1. The van der Waals surface area contributed by atoms with E-state index in [4.69, 9.17) is 21.1 Å². The largest absolute Gasteiger partial charge is 0.454 e. The average molecular weight is 326 g/mol. The Bertz CT molecular complexity index is 536. The first-order valence-electron chi connectivity index (χ1n) is 5.88. The summed E-state index contributed by atoms with van der Waals surface area (Å²) in [7, 11) is 0. The topological polar surface area (TPSA) is 56.8 Å². The fourth-order valence-electron chi connectivity index (χ4n) is 1.63. The first-order chi connectivity index (χ1) is 9.87. The van der Waals surface area contributed by atoms with Gasteiger partial charge in [0.25, 0.3) is 5.91 Å². The Kier molecular flexibility index (Phi) is 4.79. The number of halogens is 4. The molecule has 1 aliphatic heterocycles. The zero-order valence-electron chi connectivity index (χ0n) is 10.6. The van der Waals surface area contributed by atoms with Gasteiger partial charge in [0.1, 0.15) is 6.61 Å². The first-order valence-corrected chi connectivity index (χ1v) is 6.26. The van der Waals surface area contributed by atoms with Gasteiger partial charge in [0, 0.05) is 12.1 Å². The Balaban J connectivity index is 1.83. The van der Waals surface area contributed by atoms with Gasteiger partial charge >= 0.3 is 6.18 Å². The molecule has 0 bridgehead atoms. The number of amides is 1. The highest BCUT2D eigenvalue weighted by atomic mass is 35.5. The van der Waals surface area contributed by atoms with Crippen LogP contribution in [-0.4, -0.2) is 38.6 Å². The van der Waals surface area contributed by atoms with Gasteiger partial charge in [-0.05, 0) is 12.1 Å². The third kappa shape index (κ3) is 4.40. The van der Waals surface area contributed by atoms with Crippen LogP contribution in [-0.2, 0) is 4.74 Å². The van der Waals surface area contributed by atoms with Crippen molar-refractivity contribution in [1.82, 2.24) is 5.32 Å². The Morgan fingerprint density at radius 3 is 2.86 bits per heavy atom. The number of rotatable bonds is 5. The van der Waals surface area contributed by atoms with Crippen LogP contribution in [0.3, 0.4) is 0 Å². The molecule has 5 nitrogen and oxygen atoms in total. The molecule has 1 aliphatic rings. The molecule has 0 radical (unpaired) electrons. The number of fused-ring (bicyclic) bond motifs is 1. The molecule has 1 heterocycles. The lowest BCUT2D eigenvalue weighted by Gasteiger charge is -2.09. The highest BCUT2D eigenvalue weighted by molar-refractivity contribution is 6.32. The predicted molar refractivity (Wildman–Crippen MR) is 66.8 cm³/mol. The Morgan fingerprint density at radius 1 is 1.38 bits per heavy atom. The molecule has 0 saturated heterocycles. The van der Waals surface area contributed by atoms with Gasteiger partial charge in [0.15, 0.2) is 11.5 Å². The van der Waals surface area contributed by atoms with Crippen LogP contribution in [0.1, 0.15) is 10.4 Å². The monoisotopic (exact) mass is 325 g/mol. The zero-order chi connectivity index (χ0) is 15.5. The van der Waals surface area contributed by atoms with Crippen molar-refractivity contribution in [3.63, 3.8) is 0 Å². The summed E-state index contributed by atoms with van der Waals surface area (Å²) in [4.78, 5) is 11.8. The van der Waals surface area contributed by atoms with Gasteiger partial charge in [-0.3, -0.25) is 4.79 Å². The molecule has 0 fully saturated rings. The van der Waals surface area contributed by atoms with Crippen LogP contribution in [0.15, 0.2) is 12.1 Å². The molecule has 1 N–H and O–H groups in total. The molecular weight excluding hydrogens is 315 g/mol. The number of alkyl halides is 3. The van der Waals surface area contributed by atoms with Gasteiger partial charge in [-0.15, -0.1) is 0 Å². The van der Waals surface area contributed by atoms with Gasteiger partial charge in [-0.2, -0.15) is 13.2 Å². The van der Waals surface area contributed by atoms with E-state index in [0.29, 0.717) is 11.5 Å². The summed E-state index contributed by atoms with van der Waals surface area (Å²) in [6.07, 6.45) is -4.38. The smallest absolute Gasteiger partial charge is 0.411 e. The van der Waals surface area contributed by atoms with Crippen LogP contribution >= 0.6 is 11.6 Å². The minimum absolute atomic E-state index is 0.0193. The van der Waals surface area contributed by atoms with E-state index in [1.807, 2.05) is 0 Å². The SMILES string of the molecule is O=C(NCCOCC(F)(F)F)c1cc(Cl)c2c(c1)OCO2. The number of hydrogen-bond donors (Lipinski definition) is 1. The minimum Gasteiger partial charge on any atom is -0.454 e. The zero-order valence-corrected chi connectivity index (χ0v) is 11.4. The van der Waals surface area contributed by atoms with Crippen molar-refractivity contribution >= 4 is 17.5 Å². The Labute approximate surface area is 122 Å². The van der Waals surface area contributed by atoms with Crippen molar-refractivity contribution in [3.05, 3.63) is 22.7 Å². The third-order valence-electron chi connectivity index (χ3n) is 2.49. The van der Waals surface area contributed by atoms with Crippen LogP contribution < -0.4 is 14.8 Å². The fraction of sp³-hybridized carbons (Fsp3) is 0.417. The Morgan fingerprint density at radius 2 is 2.14 bits per heavy atom. The second-order valence-corrected chi connectivity index (χ2v) is 4.52. The minimum atomic E-state index is -4.38. The lowest BCUT2D eigenvalue weighted by molar-refractivity contribution is -0.173. The van der Waals surface area contributed by atoms with E-state index in [2.05, 4.69) is 10.1 Å². The van der Waals surface area contributed by atoms with Gasteiger partial charge in [-0.25, -0.2) is 0 Å². The van der Waals surface area contributed by atoms with E-state index in [-0.39, 0.29) is 30.5 Å². The third-order valence-corrected chi connectivity index (χ3v) is 2.77. The van der Waals surface area contributed by atoms with Crippen molar-refractivity contribution in [2.75, 3.05) is 26.6 Å². The van der Waals surface area contributed by atoms with Crippen molar-refractivity contribution in [1.29, 1.82) is 0 Å². The molecule has 21 heavy (non-hydrogen) atoms. The van der Waals surface area contributed by atoms with E-state index in [0.717, 1.165) is 0 Å². The molecular formula is C12H11ClF3NO4. The number of hydrogen-bond acceptors (Lipinski definition) is 4. The van der Waals surface area contributed by atoms with Crippen LogP contribution in [0.2, 0.25) is 5.02 Å². The Hall–Kier alpha value is -1.67. The standard InChI is InChI=1S/C12H11ClF3NO4/c13-8-3-7(4-9-10(8)21-6-20-9)11(18)17-1-2-19-5-12(14,15)16/h3-4H,1-2,5-6H2,(H,17,18). The summed E-state index contributed by atoms with van der Waals surface area (Å²) in [5, 5.41) is 2.64. The molecule has 2 rings (SSSR count). The van der Waals surface area contributed by atoms with E-state index < -0.39 is 18.7 Å². The molecule has 0 atom stereocenters. The maximum absolute atomic E-state index is 11.8. The molecule has 0 aliphatic carbocycles. The normalized spacial score (nSPS) is 13.3. The molecule has 1 amide bonds. The number of benzene rings is 1. The summed E-state index contributed by atoms with van der Waals surface area (Å²) < 4.78 is 50.1. The maximum Gasteiger partial charge on any atom is 0.411 e. The molecule has 0 unspecified atom stereocenters. The van der Waals surface area contributed by atoms with Crippen molar-refractivity contribution in [2.24, 2.45) is 0 Å². The highest BCUT2D eigenvalue weighted by Crippen LogP contribution is 2.39. The van der Waals surface area contributed by atoms with E-state index in [1.54, 1.807) is 0 Å². The maximum atomic E-state index is 11.8. The van der Waals surface area contributed by atoms with Gasteiger partial charge in [0.05, 0.1) is 11.6 Å². The number of carbonyl (C=O) groups is 1. The van der Waals surface area contributed by atoms with Crippen molar-refractivity contribution in [3.8, 4) is 11.5 Å². The van der Waals surface area contributed by atoms with Crippen LogP contribution in [0.25, 0.3) is 0 Å². The predicted octanol–water partition coefficient (Wildman–Crippen LogP) is 2.38. The van der Waals surface area contributed by atoms with Gasteiger partial charge < -0.3 is 19.5 Å². The molecule has 9 heteroatoms. The van der Waals surface area contributed by atoms with E-state index in [9.17, 15) is 18.0 Å². The summed E-state index contributed by atoms with van der Waals surface area (Å²) in [6, 6.07) is 2.83. The molecule has 1 aromatic carbocycles. The quantitative estimate of drug-likeness (QED) is 0.845. The number of carbonyl (C=O) groups excluding carboxylic acids is 1. The molecule has 116 valence electrons. The molecule has 1 aromatic rings. The van der Waals surface area contributed by atoms with E-state index >= 15 is 0 Å². The lowest BCUT2D eigenvalue weighted by atomic mass is 10.2.